The van der Waals surface area contributed by atoms with Gasteiger partial charge >= 0.3 is 0 Å². The van der Waals surface area contributed by atoms with Gasteiger partial charge in [-0.05, 0) is 24.6 Å². The number of hydrogen-bond donors (Lipinski definition) is 1. The lowest BCUT2D eigenvalue weighted by atomic mass is 10.0. The van der Waals surface area contributed by atoms with E-state index in [1.807, 2.05) is 6.92 Å². The Morgan fingerprint density at radius 3 is 2.43 bits per heavy atom. The molecule has 0 saturated heterocycles. The van der Waals surface area contributed by atoms with Crippen molar-refractivity contribution in [3.63, 3.8) is 0 Å². The normalized spacial score (nSPS) is 11.5. The molecule has 5 nitrogen and oxygen atoms in total. The topological polar surface area (TPSA) is 78.4 Å². The first-order valence-corrected chi connectivity index (χ1v) is 6.97. The Morgan fingerprint density at radius 1 is 1.30 bits per heavy atom. The van der Waals surface area contributed by atoms with Crippen LogP contribution in [0.25, 0.3) is 0 Å². The first-order valence-electron chi connectivity index (χ1n) is 6.59. The van der Waals surface area contributed by atoms with Crippen LogP contribution in [0.3, 0.4) is 0 Å². The zero-order chi connectivity index (χ0) is 16.3. The van der Waals surface area contributed by atoms with Crippen molar-refractivity contribution in [3.05, 3.63) is 62.9 Å². The highest BCUT2D eigenvalue weighted by Crippen LogP contribution is 2.36. The average Bonchev–Trinajstić information content (AvgIpc) is 2.51. The minimum Gasteiger partial charge on any atom is -0.453 e. The number of nitro groups is 1. The van der Waals surface area contributed by atoms with Crippen LogP contribution in [0, 0.1) is 15.9 Å². The summed E-state index contributed by atoms with van der Waals surface area (Å²) >= 11 is 5.97. The van der Waals surface area contributed by atoms with Gasteiger partial charge in [-0.15, -0.1) is 12.4 Å². The van der Waals surface area contributed by atoms with Crippen molar-refractivity contribution < 1.29 is 14.1 Å². The summed E-state index contributed by atoms with van der Waals surface area (Å²) in [6.45, 7) is 1.84. The average molecular weight is 361 g/mol. The maximum Gasteiger partial charge on any atom is 0.269 e. The zero-order valence-electron chi connectivity index (χ0n) is 12.2. The molecular formula is C15H15Cl2FN2O3. The van der Waals surface area contributed by atoms with E-state index < -0.39 is 16.8 Å². The Morgan fingerprint density at radius 2 is 1.91 bits per heavy atom. The van der Waals surface area contributed by atoms with E-state index in [9.17, 15) is 14.5 Å². The number of non-ortho nitro benzene ring substituents is 1. The van der Waals surface area contributed by atoms with E-state index in [-0.39, 0.29) is 34.6 Å². The van der Waals surface area contributed by atoms with Gasteiger partial charge in [0.1, 0.15) is 5.75 Å². The van der Waals surface area contributed by atoms with Gasteiger partial charge in [0.15, 0.2) is 11.6 Å². The Bertz CT molecular complexity index is 696. The highest BCUT2D eigenvalue weighted by molar-refractivity contribution is 6.32. The largest absolute Gasteiger partial charge is 0.453 e. The summed E-state index contributed by atoms with van der Waals surface area (Å²) in [7, 11) is 0. The van der Waals surface area contributed by atoms with Gasteiger partial charge in [0.25, 0.3) is 5.69 Å². The third-order valence-corrected chi connectivity index (χ3v) is 3.48. The summed E-state index contributed by atoms with van der Waals surface area (Å²) < 4.78 is 19.9. The number of nitrogens with two attached hydrogens (primary N) is 1. The van der Waals surface area contributed by atoms with Crippen molar-refractivity contribution in [3.8, 4) is 11.5 Å². The standard InChI is InChI=1S/C15H14ClFN2O3.ClH/c1-2-13(18)11-7-8-12(16)15(14(11)17)22-10-5-3-9(4-6-10)19(20)21;/h3-8,13H,2,18H2,1H3;1H/t13-;/m1./s1. The van der Waals surface area contributed by atoms with E-state index in [1.54, 1.807) is 0 Å². The van der Waals surface area contributed by atoms with Crippen LogP contribution in [0.5, 0.6) is 11.5 Å². The van der Waals surface area contributed by atoms with E-state index >= 15 is 0 Å². The van der Waals surface area contributed by atoms with Crippen molar-refractivity contribution in [2.75, 3.05) is 0 Å². The minimum absolute atomic E-state index is 0. The number of benzene rings is 2. The molecule has 0 aliphatic rings. The smallest absolute Gasteiger partial charge is 0.269 e. The fourth-order valence-electron chi connectivity index (χ4n) is 1.90. The predicted octanol–water partition coefficient (Wildman–Crippen LogP) is 5.01. The molecule has 2 aromatic rings. The van der Waals surface area contributed by atoms with Crippen LogP contribution in [-0.4, -0.2) is 4.92 Å². The fourth-order valence-corrected chi connectivity index (χ4v) is 2.09. The van der Waals surface area contributed by atoms with Crippen LogP contribution < -0.4 is 10.5 Å². The number of nitrogens with zero attached hydrogens (tertiary/aromatic N) is 1. The lowest BCUT2D eigenvalue weighted by Crippen LogP contribution is -2.11. The molecule has 0 heterocycles. The summed E-state index contributed by atoms with van der Waals surface area (Å²) in [5.41, 5.74) is 6.07. The highest BCUT2D eigenvalue weighted by Gasteiger charge is 2.18. The third-order valence-electron chi connectivity index (χ3n) is 3.19. The number of ether oxygens (including phenoxy) is 1. The molecule has 2 N–H and O–H groups in total. The molecule has 0 aliphatic carbocycles. The second kappa shape index (κ2) is 8.10. The molecule has 1 atom stereocenters. The van der Waals surface area contributed by atoms with Crippen LogP contribution in [0.2, 0.25) is 5.02 Å². The van der Waals surface area contributed by atoms with Crippen molar-refractivity contribution in [1.29, 1.82) is 0 Å². The molecule has 8 heteroatoms. The SMILES string of the molecule is CC[C@@H](N)c1ccc(Cl)c(Oc2ccc([N+](=O)[O-])cc2)c1F.Cl. The number of halogens is 3. The summed E-state index contributed by atoms with van der Waals surface area (Å²) in [5.74, 6) is -0.522. The lowest BCUT2D eigenvalue weighted by molar-refractivity contribution is -0.384. The van der Waals surface area contributed by atoms with E-state index in [0.717, 1.165) is 0 Å². The summed E-state index contributed by atoms with van der Waals surface area (Å²) in [5, 5.41) is 10.7. The molecule has 0 aliphatic heterocycles. The van der Waals surface area contributed by atoms with Gasteiger partial charge in [-0.2, -0.15) is 0 Å². The Balaban J connectivity index is 0.00000264. The van der Waals surface area contributed by atoms with E-state index in [4.69, 9.17) is 22.1 Å². The van der Waals surface area contributed by atoms with Crippen molar-refractivity contribution in [2.24, 2.45) is 5.73 Å². The van der Waals surface area contributed by atoms with Crippen LogP contribution in [0.1, 0.15) is 24.9 Å². The van der Waals surface area contributed by atoms with Crippen molar-refractivity contribution in [2.45, 2.75) is 19.4 Å². The van der Waals surface area contributed by atoms with Crippen LogP contribution >= 0.6 is 24.0 Å². The molecule has 0 amide bonds. The predicted molar refractivity (Wildman–Crippen MR) is 89.0 cm³/mol. The molecule has 0 unspecified atom stereocenters. The first-order chi connectivity index (χ1) is 10.4. The maximum atomic E-state index is 14.5. The molecule has 0 radical (unpaired) electrons. The minimum atomic E-state index is -0.625. The van der Waals surface area contributed by atoms with E-state index in [1.165, 1.54) is 36.4 Å². The fraction of sp³-hybridized carbons (Fsp3) is 0.200. The van der Waals surface area contributed by atoms with Gasteiger partial charge < -0.3 is 10.5 Å². The molecule has 0 aromatic heterocycles. The zero-order valence-corrected chi connectivity index (χ0v) is 13.7. The molecule has 2 aromatic carbocycles. The molecule has 23 heavy (non-hydrogen) atoms. The quantitative estimate of drug-likeness (QED) is 0.600. The first kappa shape index (κ1) is 19.2. The second-order valence-corrected chi connectivity index (χ2v) is 5.05. The van der Waals surface area contributed by atoms with Gasteiger partial charge in [0.05, 0.1) is 9.95 Å². The van der Waals surface area contributed by atoms with Gasteiger partial charge in [-0.1, -0.05) is 24.6 Å². The molecule has 0 fully saturated rings. The van der Waals surface area contributed by atoms with E-state index in [2.05, 4.69) is 0 Å². The molecule has 0 bridgehead atoms. The molecular weight excluding hydrogens is 346 g/mol. The number of hydrogen-bond acceptors (Lipinski definition) is 4. The van der Waals surface area contributed by atoms with Gasteiger partial charge in [0.2, 0.25) is 0 Å². The van der Waals surface area contributed by atoms with Crippen molar-refractivity contribution >= 4 is 29.7 Å². The number of nitro benzene ring substituents is 1. The van der Waals surface area contributed by atoms with E-state index in [0.29, 0.717) is 12.0 Å². The lowest BCUT2D eigenvalue weighted by Gasteiger charge is -2.15. The molecule has 0 saturated carbocycles. The summed E-state index contributed by atoms with van der Waals surface area (Å²) in [4.78, 5) is 10.1. The third kappa shape index (κ3) is 4.31. The van der Waals surface area contributed by atoms with Crippen LogP contribution in [-0.2, 0) is 0 Å². The highest BCUT2D eigenvalue weighted by atomic mass is 35.5. The molecule has 2 rings (SSSR count). The summed E-state index contributed by atoms with van der Waals surface area (Å²) in [6.07, 6.45) is 0.565. The van der Waals surface area contributed by atoms with Gasteiger partial charge in [-0.25, -0.2) is 4.39 Å². The molecule has 124 valence electrons. The second-order valence-electron chi connectivity index (χ2n) is 4.65. The van der Waals surface area contributed by atoms with Crippen LogP contribution in [0.15, 0.2) is 36.4 Å². The maximum absolute atomic E-state index is 14.5. The van der Waals surface area contributed by atoms with Crippen LogP contribution in [0.4, 0.5) is 10.1 Å². The molecule has 0 spiro atoms. The Hall–Kier alpha value is -1.89. The van der Waals surface area contributed by atoms with Gasteiger partial charge in [0, 0.05) is 23.7 Å². The summed E-state index contributed by atoms with van der Waals surface area (Å²) in [6, 6.07) is 7.85. The number of rotatable bonds is 5. The van der Waals surface area contributed by atoms with Gasteiger partial charge in [-0.3, -0.25) is 10.1 Å². The van der Waals surface area contributed by atoms with Crippen molar-refractivity contribution in [1.82, 2.24) is 0 Å². The Labute approximate surface area is 143 Å². The Kier molecular flexibility index (Phi) is 6.75. The monoisotopic (exact) mass is 360 g/mol.